The summed E-state index contributed by atoms with van der Waals surface area (Å²) in [4.78, 5) is 27.1. The Hall–Kier alpha value is -1.62. The molecule has 0 fully saturated rings. The van der Waals surface area contributed by atoms with E-state index in [9.17, 15) is 9.59 Å². The molecule has 0 saturated carbocycles. The Labute approximate surface area is 117 Å². The summed E-state index contributed by atoms with van der Waals surface area (Å²) < 4.78 is 0. The molecule has 1 aromatic heterocycles. The normalized spacial score (nSPS) is 10.9. The van der Waals surface area contributed by atoms with Crippen LogP contribution in [0.2, 0.25) is 5.15 Å². The molecule has 0 unspecified atom stereocenters. The van der Waals surface area contributed by atoms with Gasteiger partial charge in [0.2, 0.25) is 5.91 Å². The van der Waals surface area contributed by atoms with E-state index >= 15 is 0 Å². The molecular weight excluding hydrogens is 266 g/mol. The van der Waals surface area contributed by atoms with Gasteiger partial charge in [-0.25, -0.2) is 4.98 Å². The second kappa shape index (κ2) is 6.52. The molecular formula is C13H18ClN3O2. The molecule has 0 aromatic carbocycles. The Morgan fingerprint density at radius 1 is 1.32 bits per heavy atom. The van der Waals surface area contributed by atoms with E-state index in [0.29, 0.717) is 0 Å². The van der Waals surface area contributed by atoms with Crippen LogP contribution in [0, 0.1) is 0 Å². The lowest BCUT2D eigenvalue weighted by Gasteiger charge is -2.20. The third kappa shape index (κ3) is 6.20. The van der Waals surface area contributed by atoms with Gasteiger partial charge in [0.05, 0.1) is 0 Å². The number of hydrogen-bond acceptors (Lipinski definition) is 3. The molecule has 0 aliphatic carbocycles. The van der Waals surface area contributed by atoms with Gasteiger partial charge in [0.25, 0.3) is 5.91 Å². The summed E-state index contributed by atoms with van der Waals surface area (Å²) in [7, 11) is 0. The molecule has 104 valence electrons. The highest BCUT2D eigenvalue weighted by Crippen LogP contribution is 2.04. The highest BCUT2D eigenvalue weighted by molar-refractivity contribution is 6.29. The predicted molar refractivity (Wildman–Crippen MR) is 74.1 cm³/mol. The minimum atomic E-state index is -0.342. The first-order chi connectivity index (χ1) is 8.78. The third-order valence-corrected chi connectivity index (χ3v) is 2.31. The van der Waals surface area contributed by atoms with Crippen molar-refractivity contribution in [2.24, 2.45) is 0 Å². The Morgan fingerprint density at radius 3 is 2.58 bits per heavy atom. The molecule has 1 rings (SSSR count). The zero-order chi connectivity index (χ0) is 14.5. The van der Waals surface area contributed by atoms with Gasteiger partial charge in [-0.3, -0.25) is 9.59 Å². The van der Waals surface area contributed by atoms with Crippen molar-refractivity contribution in [3.8, 4) is 0 Å². The number of amides is 2. The number of nitrogens with one attached hydrogen (secondary N) is 2. The summed E-state index contributed by atoms with van der Waals surface area (Å²) in [6.07, 6.45) is 0.226. The van der Waals surface area contributed by atoms with Crippen LogP contribution in [0.15, 0.2) is 18.2 Å². The average molecular weight is 284 g/mol. The smallest absolute Gasteiger partial charge is 0.269 e. The summed E-state index contributed by atoms with van der Waals surface area (Å²) in [6, 6.07) is 4.81. The van der Waals surface area contributed by atoms with Gasteiger partial charge in [-0.2, -0.15) is 0 Å². The number of nitrogens with zero attached hydrogens (tertiary/aromatic N) is 1. The van der Waals surface area contributed by atoms with Crippen molar-refractivity contribution in [2.45, 2.75) is 32.7 Å². The molecule has 5 nitrogen and oxygen atoms in total. The van der Waals surface area contributed by atoms with Crippen molar-refractivity contribution in [3.63, 3.8) is 0 Å². The topological polar surface area (TPSA) is 71.1 Å². The molecule has 0 bridgehead atoms. The molecule has 0 radical (unpaired) electrons. The molecule has 2 amide bonds. The van der Waals surface area contributed by atoms with Crippen molar-refractivity contribution in [2.75, 3.05) is 6.54 Å². The van der Waals surface area contributed by atoms with E-state index in [1.807, 2.05) is 20.8 Å². The van der Waals surface area contributed by atoms with E-state index in [4.69, 9.17) is 11.6 Å². The predicted octanol–water partition coefficient (Wildman–Crippen LogP) is 1.77. The first-order valence-electron chi connectivity index (χ1n) is 6.00. The van der Waals surface area contributed by atoms with E-state index in [2.05, 4.69) is 15.6 Å². The Morgan fingerprint density at radius 2 is 2.00 bits per heavy atom. The number of halogens is 1. The van der Waals surface area contributed by atoms with Gasteiger partial charge in [-0.1, -0.05) is 17.7 Å². The number of carbonyl (C=O) groups excluding carboxylic acids is 2. The SMILES string of the molecule is CC(C)(C)NC(=O)CCNC(=O)c1cccc(Cl)n1. The fourth-order valence-corrected chi connectivity index (χ4v) is 1.56. The molecule has 0 spiro atoms. The molecule has 0 saturated heterocycles. The fourth-order valence-electron chi connectivity index (χ4n) is 1.40. The van der Waals surface area contributed by atoms with Crippen LogP contribution in [0.3, 0.4) is 0 Å². The lowest BCUT2D eigenvalue weighted by molar-refractivity contribution is -0.122. The number of pyridine rings is 1. The summed E-state index contributed by atoms with van der Waals surface area (Å²) in [5.41, 5.74) is -0.0287. The summed E-state index contributed by atoms with van der Waals surface area (Å²) in [5, 5.41) is 5.70. The van der Waals surface area contributed by atoms with Crippen molar-refractivity contribution >= 4 is 23.4 Å². The minimum absolute atomic E-state index is 0.105. The zero-order valence-electron chi connectivity index (χ0n) is 11.3. The number of hydrogen-bond donors (Lipinski definition) is 2. The second-order valence-corrected chi connectivity index (χ2v) is 5.54. The van der Waals surface area contributed by atoms with E-state index in [1.165, 1.54) is 0 Å². The maximum Gasteiger partial charge on any atom is 0.269 e. The van der Waals surface area contributed by atoms with Crippen molar-refractivity contribution in [1.29, 1.82) is 0 Å². The molecule has 0 atom stereocenters. The Bertz CT molecular complexity index is 469. The van der Waals surface area contributed by atoms with Gasteiger partial charge in [0.1, 0.15) is 10.8 Å². The lowest BCUT2D eigenvalue weighted by atomic mass is 10.1. The van der Waals surface area contributed by atoms with Crippen LogP contribution in [0.4, 0.5) is 0 Å². The van der Waals surface area contributed by atoms with Crippen LogP contribution in [-0.2, 0) is 4.79 Å². The lowest BCUT2D eigenvalue weighted by Crippen LogP contribution is -2.42. The van der Waals surface area contributed by atoms with Crippen LogP contribution in [0.1, 0.15) is 37.7 Å². The first kappa shape index (κ1) is 15.4. The third-order valence-electron chi connectivity index (χ3n) is 2.10. The van der Waals surface area contributed by atoms with Gasteiger partial charge >= 0.3 is 0 Å². The number of carbonyl (C=O) groups is 2. The van der Waals surface area contributed by atoms with Gasteiger partial charge in [-0.15, -0.1) is 0 Å². The zero-order valence-corrected chi connectivity index (χ0v) is 12.0. The van der Waals surface area contributed by atoms with Crippen LogP contribution < -0.4 is 10.6 Å². The molecule has 6 heteroatoms. The monoisotopic (exact) mass is 283 g/mol. The van der Waals surface area contributed by atoms with Crippen molar-refractivity contribution in [1.82, 2.24) is 15.6 Å². The largest absolute Gasteiger partial charge is 0.351 e. The highest BCUT2D eigenvalue weighted by atomic mass is 35.5. The summed E-state index contributed by atoms with van der Waals surface area (Å²) in [5.74, 6) is -0.446. The van der Waals surface area contributed by atoms with E-state index in [0.717, 1.165) is 0 Å². The summed E-state index contributed by atoms with van der Waals surface area (Å²) >= 11 is 5.69. The van der Waals surface area contributed by atoms with Crippen molar-refractivity contribution < 1.29 is 9.59 Å². The summed E-state index contributed by atoms with van der Waals surface area (Å²) in [6.45, 7) is 5.97. The second-order valence-electron chi connectivity index (χ2n) is 5.15. The number of aromatic nitrogens is 1. The van der Waals surface area contributed by atoms with Crippen LogP contribution in [-0.4, -0.2) is 28.9 Å². The van der Waals surface area contributed by atoms with E-state index in [-0.39, 0.29) is 41.2 Å². The molecule has 1 heterocycles. The van der Waals surface area contributed by atoms with Gasteiger partial charge in [0, 0.05) is 18.5 Å². The van der Waals surface area contributed by atoms with Crippen LogP contribution in [0.25, 0.3) is 0 Å². The number of rotatable bonds is 4. The molecule has 19 heavy (non-hydrogen) atoms. The van der Waals surface area contributed by atoms with E-state index in [1.54, 1.807) is 18.2 Å². The first-order valence-corrected chi connectivity index (χ1v) is 6.37. The van der Waals surface area contributed by atoms with Gasteiger partial charge in [-0.05, 0) is 32.9 Å². The van der Waals surface area contributed by atoms with Crippen LogP contribution >= 0.6 is 11.6 Å². The minimum Gasteiger partial charge on any atom is -0.351 e. The fraction of sp³-hybridized carbons (Fsp3) is 0.462. The molecule has 1 aromatic rings. The van der Waals surface area contributed by atoms with Gasteiger partial charge < -0.3 is 10.6 Å². The highest BCUT2D eigenvalue weighted by Gasteiger charge is 2.14. The van der Waals surface area contributed by atoms with Crippen molar-refractivity contribution in [3.05, 3.63) is 29.0 Å². The standard InChI is InChI=1S/C13H18ClN3O2/c1-13(2,3)17-11(18)7-8-15-12(19)9-5-4-6-10(14)16-9/h4-6H,7-8H2,1-3H3,(H,15,19)(H,17,18). The van der Waals surface area contributed by atoms with Gasteiger partial charge in [0.15, 0.2) is 0 Å². The average Bonchev–Trinajstić information content (AvgIpc) is 2.26. The van der Waals surface area contributed by atoms with E-state index < -0.39 is 0 Å². The molecule has 2 N–H and O–H groups in total. The molecule has 0 aliphatic heterocycles. The Kier molecular flexibility index (Phi) is 5.30. The molecule has 0 aliphatic rings. The maximum atomic E-state index is 11.7. The quantitative estimate of drug-likeness (QED) is 0.827. The Balaban J connectivity index is 2.37. The van der Waals surface area contributed by atoms with Crippen LogP contribution in [0.5, 0.6) is 0 Å². The maximum absolute atomic E-state index is 11.7.